The number of rotatable bonds is 4. The van der Waals surface area contributed by atoms with E-state index in [4.69, 9.17) is 4.74 Å². The van der Waals surface area contributed by atoms with Gasteiger partial charge in [0, 0.05) is 9.14 Å². The maximum atomic E-state index is 11.1. The Hall–Kier alpha value is -1.04. The number of benzene rings is 1. The molecule has 0 radical (unpaired) electrons. The van der Waals surface area contributed by atoms with Gasteiger partial charge in [-0.25, -0.2) is 4.79 Å². The van der Waals surface area contributed by atoms with Crippen LogP contribution < -0.4 is 4.74 Å². The molecule has 4 heteroatoms. The van der Waals surface area contributed by atoms with Crippen molar-refractivity contribution in [1.82, 2.24) is 0 Å². The van der Waals surface area contributed by atoms with Gasteiger partial charge in [-0.1, -0.05) is 0 Å². The molecular weight excluding hydrogens is 319 g/mol. The maximum Gasteiger partial charge on any atom is 0.333 e. The Kier molecular flexibility index (Phi) is 5.31. The van der Waals surface area contributed by atoms with E-state index < -0.39 is 0 Å². The third-order valence-corrected chi connectivity index (χ3v) is 2.68. The fourth-order valence-corrected chi connectivity index (χ4v) is 1.40. The highest BCUT2D eigenvalue weighted by molar-refractivity contribution is 14.1. The van der Waals surface area contributed by atoms with E-state index in [0.717, 1.165) is 9.32 Å². The van der Waals surface area contributed by atoms with Crippen molar-refractivity contribution in [2.75, 3.05) is 13.7 Å². The van der Waals surface area contributed by atoms with Crippen molar-refractivity contribution in [2.24, 2.45) is 0 Å². The van der Waals surface area contributed by atoms with Gasteiger partial charge in [-0.2, -0.15) is 0 Å². The zero-order chi connectivity index (χ0) is 12.0. The number of esters is 1. The normalized spacial score (nSPS) is 11.1. The summed E-state index contributed by atoms with van der Waals surface area (Å²) in [5.74, 6) is 0.459. The Bertz CT molecular complexity index is 382. The van der Waals surface area contributed by atoms with Crippen LogP contribution in [0.15, 0.2) is 35.9 Å². The van der Waals surface area contributed by atoms with Gasteiger partial charge in [0.05, 0.1) is 7.11 Å². The summed E-state index contributed by atoms with van der Waals surface area (Å²) in [4.78, 5) is 11.1. The van der Waals surface area contributed by atoms with Crippen LogP contribution in [0.1, 0.15) is 6.92 Å². The van der Waals surface area contributed by atoms with Crippen LogP contribution in [-0.4, -0.2) is 19.7 Å². The largest absolute Gasteiger partial charge is 0.490 e. The van der Waals surface area contributed by atoms with Gasteiger partial charge in [0.2, 0.25) is 0 Å². The first-order valence-corrected chi connectivity index (χ1v) is 5.85. The molecule has 0 aliphatic carbocycles. The number of carbonyl (C=O) groups excluding carboxylic acids is 1. The van der Waals surface area contributed by atoms with Crippen molar-refractivity contribution in [1.29, 1.82) is 0 Å². The minimum atomic E-state index is -0.328. The highest BCUT2D eigenvalue weighted by Gasteiger charge is 2.01. The van der Waals surface area contributed by atoms with Gasteiger partial charge in [0.25, 0.3) is 0 Å². The summed E-state index contributed by atoms with van der Waals surface area (Å²) >= 11 is 2.23. The van der Waals surface area contributed by atoms with Crippen LogP contribution >= 0.6 is 22.6 Å². The third kappa shape index (κ3) is 4.22. The summed E-state index contributed by atoms with van der Waals surface area (Å²) in [5.41, 5.74) is 0.549. The first-order chi connectivity index (χ1) is 7.63. The van der Waals surface area contributed by atoms with Crippen molar-refractivity contribution >= 4 is 28.6 Å². The molecule has 1 aromatic carbocycles. The van der Waals surface area contributed by atoms with Crippen molar-refractivity contribution in [3.63, 3.8) is 0 Å². The Morgan fingerprint density at radius 2 is 2.00 bits per heavy atom. The van der Waals surface area contributed by atoms with Crippen LogP contribution in [0.25, 0.3) is 0 Å². The van der Waals surface area contributed by atoms with E-state index in [0.29, 0.717) is 12.2 Å². The molecule has 0 unspecified atom stereocenters. The summed E-state index contributed by atoms with van der Waals surface area (Å²) in [6.07, 6.45) is 1.70. The van der Waals surface area contributed by atoms with E-state index >= 15 is 0 Å². The van der Waals surface area contributed by atoms with Crippen LogP contribution in [0.5, 0.6) is 5.75 Å². The lowest BCUT2D eigenvalue weighted by Crippen LogP contribution is -2.04. The van der Waals surface area contributed by atoms with Crippen LogP contribution in [0.3, 0.4) is 0 Å². The number of ether oxygens (including phenoxy) is 2. The van der Waals surface area contributed by atoms with E-state index in [9.17, 15) is 4.79 Å². The first-order valence-electron chi connectivity index (χ1n) is 4.77. The summed E-state index contributed by atoms with van der Waals surface area (Å²) in [5, 5.41) is 0. The monoisotopic (exact) mass is 332 g/mol. The summed E-state index contributed by atoms with van der Waals surface area (Å²) < 4.78 is 11.2. The third-order valence-electron chi connectivity index (χ3n) is 1.96. The second-order valence-electron chi connectivity index (χ2n) is 3.14. The molecule has 0 aromatic heterocycles. The number of hydrogen-bond acceptors (Lipinski definition) is 3. The highest BCUT2D eigenvalue weighted by Crippen LogP contribution is 2.13. The second-order valence-corrected chi connectivity index (χ2v) is 4.39. The molecule has 0 fully saturated rings. The fraction of sp³-hybridized carbons (Fsp3) is 0.250. The lowest BCUT2D eigenvalue weighted by atomic mass is 10.3. The average Bonchev–Trinajstić information content (AvgIpc) is 2.30. The van der Waals surface area contributed by atoms with Gasteiger partial charge in [-0.05, 0) is 59.9 Å². The van der Waals surface area contributed by atoms with E-state index in [1.807, 2.05) is 24.3 Å². The molecule has 16 heavy (non-hydrogen) atoms. The highest BCUT2D eigenvalue weighted by atomic mass is 127. The quantitative estimate of drug-likeness (QED) is 0.483. The van der Waals surface area contributed by atoms with Gasteiger partial charge in [0.15, 0.2) is 0 Å². The van der Waals surface area contributed by atoms with Crippen LogP contribution in [0.4, 0.5) is 0 Å². The molecule has 1 aromatic rings. The molecule has 0 aliphatic heterocycles. The van der Waals surface area contributed by atoms with Crippen molar-refractivity contribution in [3.05, 3.63) is 39.5 Å². The minimum absolute atomic E-state index is 0.328. The van der Waals surface area contributed by atoms with Crippen LogP contribution in [0, 0.1) is 3.57 Å². The molecule has 0 N–H and O–H groups in total. The number of methoxy groups -OCH3 is 1. The standard InChI is InChI=1S/C12H13IO3/c1-9(12(14)15-2)7-8-16-11-5-3-10(13)4-6-11/h3-7H,8H2,1-2H3. The Balaban J connectivity index is 2.46. The summed E-state index contributed by atoms with van der Waals surface area (Å²) in [6, 6.07) is 7.71. The maximum absolute atomic E-state index is 11.1. The molecule has 0 bridgehead atoms. The van der Waals surface area contributed by atoms with Crippen LogP contribution in [0.2, 0.25) is 0 Å². The molecular formula is C12H13IO3. The molecule has 0 saturated carbocycles. The average molecular weight is 332 g/mol. The molecule has 0 heterocycles. The summed E-state index contributed by atoms with van der Waals surface area (Å²) in [6.45, 7) is 2.06. The molecule has 0 spiro atoms. The van der Waals surface area contributed by atoms with Crippen molar-refractivity contribution in [2.45, 2.75) is 6.92 Å². The van der Waals surface area contributed by atoms with Crippen LogP contribution in [-0.2, 0) is 9.53 Å². The molecule has 0 atom stereocenters. The Labute approximate surface area is 109 Å². The Morgan fingerprint density at radius 3 is 2.56 bits per heavy atom. The van der Waals surface area contributed by atoms with Gasteiger partial charge in [0.1, 0.15) is 12.4 Å². The predicted molar refractivity (Wildman–Crippen MR) is 70.4 cm³/mol. The SMILES string of the molecule is COC(=O)C(C)=CCOc1ccc(I)cc1. The topological polar surface area (TPSA) is 35.5 Å². The molecule has 1 rings (SSSR count). The lowest BCUT2D eigenvalue weighted by Gasteiger charge is -2.03. The fourth-order valence-electron chi connectivity index (χ4n) is 1.04. The lowest BCUT2D eigenvalue weighted by molar-refractivity contribution is -0.136. The molecule has 86 valence electrons. The molecule has 0 amide bonds. The zero-order valence-corrected chi connectivity index (χ0v) is 11.4. The minimum Gasteiger partial charge on any atom is -0.490 e. The molecule has 0 saturated heterocycles. The molecule has 0 aliphatic rings. The van der Waals surface area contributed by atoms with E-state index in [1.165, 1.54) is 7.11 Å². The predicted octanol–water partition coefficient (Wildman–Crippen LogP) is 2.79. The number of carbonyl (C=O) groups is 1. The summed E-state index contributed by atoms with van der Waals surface area (Å²) in [7, 11) is 1.36. The van der Waals surface area contributed by atoms with Crippen molar-refractivity contribution in [3.8, 4) is 5.75 Å². The van der Waals surface area contributed by atoms with Crippen molar-refractivity contribution < 1.29 is 14.3 Å². The first kappa shape index (κ1) is 13.0. The van der Waals surface area contributed by atoms with Gasteiger partial charge >= 0.3 is 5.97 Å². The van der Waals surface area contributed by atoms with Gasteiger partial charge < -0.3 is 9.47 Å². The van der Waals surface area contributed by atoms with E-state index in [1.54, 1.807) is 13.0 Å². The molecule has 3 nitrogen and oxygen atoms in total. The Morgan fingerprint density at radius 1 is 1.38 bits per heavy atom. The van der Waals surface area contributed by atoms with Gasteiger partial charge in [-0.3, -0.25) is 0 Å². The zero-order valence-electron chi connectivity index (χ0n) is 9.20. The smallest absolute Gasteiger partial charge is 0.333 e. The number of hydrogen-bond donors (Lipinski definition) is 0. The number of halogens is 1. The van der Waals surface area contributed by atoms with E-state index in [-0.39, 0.29) is 5.97 Å². The van der Waals surface area contributed by atoms with E-state index in [2.05, 4.69) is 27.3 Å². The van der Waals surface area contributed by atoms with Gasteiger partial charge in [-0.15, -0.1) is 0 Å². The second kappa shape index (κ2) is 6.52.